The van der Waals surface area contributed by atoms with E-state index in [4.69, 9.17) is 9.72 Å². The van der Waals surface area contributed by atoms with Gasteiger partial charge in [-0.2, -0.15) is 0 Å². The lowest BCUT2D eigenvalue weighted by Gasteiger charge is -2.20. The molecule has 1 heterocycles. The average Bonchev–Trinajstić information content (AvgIpc) is 3.21. The Hall–Kier alpha value is -2.83. The third-order valence-electron chi connectivity index (χ3n) is 4.64. The number of nitrogens with zero attached hydrogens (tertiary/aromatic N) is 2. The predicted molar refractivity (Wildman–Crippen MR) is 126 cm³/mol. The van der Waals surface area contributed by atoms with E-state index in [9.17, 15) is 4.79 Å². The number of fused-ring (bicyclic) bond motifs is 1. The van der Waals surface area contributed by atoms with Gasteiger partial charge in [0.25, 0.3) is 5.91 Å². The van der Waals surface area contributed by atoms with E-state index >= 15 is 0 Å². The van der Waals surface area contributed by atoms with Gasteiger partial charge in [0.1, 0.15) is 5.75 Å². The third kappa shape index (κ3) is 4.50. The Bertz CT molecular complexity index is 1160. The van der Waals surface area contributed by atoms with E-state index in [0.717, 1.165) is 32.2 Å². The van der Waals surface area contributed by atoms with Gasteiger partial charge in [0.05, 0.1) is 23.9 Å². The zero-order chi connectivity index (χ0) is 20.9. The van der Waals surface area contributed by atoms with E-state index in [1.165, 1.54) is 11.3 Å². The zero-order valence-corrected chi connectivity index (χ0v) is 18.5. The maximum atomic E-state index is 13.6. The minimum absolute atomic E-state index is 0.0524. The number of hydrogen-bond donors (Lipinski definition) is 0. The molecular formula is C24H22N2O2S2. The summed E-state index contributed by atoms with van der Waals surface area (Å²) in [5.41, 5.74) is 2.58. The van der Waals surface area contributed by atoms with Crippen LogP contribution in [0.3, 0.4) is 0 Å². The number of amides is 1. The van der Waals surface area contributed by atoms with E-state index in [0.29, 0.717) is 17.2 Å². The topological polar surface area (TPSA) is 42.4 Å². The number of carbonyl (C=O) groups excluding carboxylic acids is 1. The number of carbonyl (C=O) groups is 1. The highest BCUT2D eigenvalue weighted by Crippen LogP contribution is 2.33. The number of aromatic nitrogens is 1. The summed E-state index contributed by atoms with van der Waals surface area (Å²) in [5, 5.41) is 0.681. The molecule has 152 valence electrons. The number of hydrogen-bond acceptors (Lipinski definition) is 5. The molecule has 0 aliphatic rings. The van der Waals surface area contributed by atoms with Crippen LogP contribution in [0.2, 0.25) is 0 Å². The third-order valence-corrected chi connectivity index (χ3v) is 6.55. The second-order valence-electron chi connectivity index (χ2n) is 6.67. The van der Waals surface area contributed by atoms with Crippen LogP contribution in [0.4, 0.5) is 5.13 Å². The van der Waals surface area contributed by atoms with Crippen molar-refractivity contribution in [3.8, 4) is 5.75 Å². The Balaban J connectivity index is 1.74. The molecule has 0 bridgehead atoms. The normalized spacial score (nSPS) is 10.9. The molecule has 1 aromatic heterocycles. The first-order valence-electron chi connectivity index (χ1n) is 9.71. The van der Waals surface area contributed by atoms with Crippen molar-refractivity contribution in [2.24, 2.45) is 0 Å². The van der Waals surface area contributed by atoms with Crippen LogP contribution in [0.1, 0.15) is 22.8 Å². The Labute approximate surface area is 184 Å². The molecule has 4 nitrogen and oxygen atoms in total. The van der Waals surface area contributed by atoms with Gasteiger partial charge in [0.2, 0.25) is 0 Å². The number of anilines is 1. The van der Waals surface area contributed by atoms with Crippen LogP contribution < -0.4 is 9.64 Å². The van der Waals surface area contributed by atoms with Crippen LogP contribution in [-0.4, -0.2) is 23.8 Å². The van der Waals surface area contributed by atoms with E-state index < -0.39 is 0 Å². The van der Waals surface area contributed by atoms with Crippen molar-refractivity contribution in [1.29, 1.82) is 0 Å². The van der Waals surface area contributed by atoms with Crippen LogP contribution >= 0.6 is 23.1 Å². The second-order valence-corrected chi connectivity index (χ2v) is 9.01. The van der Waals surface area contributed by atoms with Crippen LogP contribution in [-0.2, 0) is 6.54 Å². The van der Waals surface area contributed by atoms with Gasteiger partial charge in [-0.05, 0) is 47.7 Å². The van der Waals surface area contributed by atoms with Crippen molar-refractivity contribution in [3.05, 3.63) is 83.9 Å². The predicted octanol–water partition coefficient (Wildman–Crippen LogP) is 6.26. The summed E-state index contributed by atoms with van der Waals surface area (Å²) in [4.78, 5) is 21.2. The van der Waals surface area contributed by atoms with Gasteiger partial charge in [-0.1, -0.05) is 54.7 Å². The van der Waals surface area contributed by atoms with E-state index in [1.54, 1.807) is 23.8 Å². The summed E-state index contributed by atoms with van der Waals surface area (Å²) in [6.45, 7) is 2.57. The minimum atomic E-state index is -0.0524. The molecule has 0 fully saturated rings. The first-order valence-corrected chi connectivity index (χ1v) is 11.5. The van der Waals surface area contributed by atoms with E-state index in [1.807, 2.05) is 72.8 Å². The monoisotopic (exact) mass is 434 g/mol. The maximum Gasteiger partial charge on any atom is 0.260 e. The molecular weight excluding hydrogens is 412 g/mol. The van der Waals surface area contributed by atoms with Crippen molar-refractivity contribution >= 4 is 44.4 Å². The minimum Gasteiger partial charge on any atom is -0.497 e. The molecule has 0 unspecified atom stereocenters. The number of benzene rings is 3. The molecule has 0 aliphatic heterocycles. The molecule has 4 aromatic rings. The van der Waals surface area contributed by atoms with Gasteiger partial charge in [0, 0.05) is 10.5 Å². The highest BCUT2D eigenvalue weighted by molar-refractivity contribution is 7.99. The molecule has 1 amide bonds. The summed E-state index contributed by atoms with van der Waals surface area (Å²) in [5.74, 6) is 1.69. The Kier molecular flexibility index (Phi) is 6.35. The first-order chi connectivity index (χ1) is 14.7. The van der Waals surface area contributed by atoms with Crippen LogP contribution in [0.5, 0.6) is 5.75 Å². The molecule has 0 atom stereocenters. The zero-order valence-electron chi connectivity index (χ0n) is 16.9. The van der Waals surface area contributed by atoms with Crippen molar-refractivity contribution in [3.63, 3.8) is 0 Å². The molecule has 4 rings (SSSR count). The SMILES string of the molecule is CCSc1cccc(C(=O)N(Cc2ccccc2)c2nc3ccc(OC)cc3s2)c1. The van der Waals surface area contributed by atoms with Crippen molar-refractivity contribution in [2.75, 3.05) is 17.8 Å². The van der Waals surface area contributed by atoms with Crippen molar-refractivity contribution in [1.82, 2.24) is 4.98 Å². The fourth-order valence-corrected chi connectivity index (χ4v) is 4.88. The summed E-state index contributed by atoms with van der Waals surface area (Å²) >= 11 is 3.23. The summed E-state index contributed by atoms with van der Waals surface area (Å²) in [6.07, 6.45) is 0. The van der Waals surface area contributed by atoms with E-state index in [2.05, 4.69) is 6.92 Å². The fourth-order valence-electron chi connectivity index (χ4n) is 3.17. The molecule has 0 spiro atoms. The van der Waals surface area contributed by atoms with Crippen molar-refractivity contribution < 1.29 is 9.53 Å². The summed E-state index contributed by atoms with van der Waals surface area (Å²) in [7, 11) is 1.65. The number of thioether (sulfide) groups is 1. The molecule has 0 N–H and O–H groups in total. The Morgan fingerprint density at radius 1 is 1.07 bits per heavy atom. The number of methoxy groups -OCH3 is 1. The molecule has 3 aromatic carbocycles. The molecule has 0 saturated heterocycles. The lowest BCUT2D eigenvalue weighted by molar-refractivity contribution is 0.0985. The van der Waals surface area contributed by atoms with Gasteiger partial charge in [-0.3, -0.25) is 9.69 Å². The number of rotatable bonds is 7. The van der Waals surface area contributed by atoms with Gasteiger partial charge in [-0.15, -0.1) is 11.8 Å². The molecule has 0 aliphatic carbocycles. The molecule has 0 saturated carbocycles. The Morgan fingerprint density at radius 2 is 1.90 bits per heavy atom. The van der Waals surface area contributed by atoms with E-state index in [-0.39, 0.29) is 5.91 Å². The molecule has 6 heteroatoms. The largest absolute Gasteiger partial charge is 0.497 e. The lowest BCUT2D eigenvalue weighted by Crippen LogP contribution is -2.30. The van der Waals surface area contributed by atoms with Crippen LogP contribution in [0.15, 0.2) is 77.7 Å². The maximum absolute atomic E-state index is 13.6. The standard InChI is InChI=1S/C24H22N2O2S2/c1-3-29-20-11-7-10-18(14-20)23(27)26(16-17-8-5-4-6-9-17)24-25-21-13-12-19(28-2)15-22(21)30-24/h4-15H,3,16H2,1-2H3. The molecule has 30 heavy (non-hydrogen) atoms. The Morgan fingerprint density at radius 3 is 2.67 bits per heavy atom. The van der Waals surface area contributed by atoms with Gasteiger partial charge in [0.15, 0.2) is 5.13 Å². The second kappa shape index (κ2) is 9.32. The quantitative estimate of drug-likeness (QED) is 0.322. The highest BCUT2D eigenvalue weighted by atomic mass is 32.2. The summed E-state index contributed by atoms with van der Waals surface area (Å²) in [6, 6.07) is 23.6. The van der Waals surface area contributed by atoms with Gasteiger partial charge in [-0.25, -0.2) is 4.98 Å². The number of thiazole rings is 1. The van der Waals surface area contributed by atoms with Crippen LogP contribution in [0.25, 0.3) is 10.2 Å². The van der Waals surface area contributed by atoms with Crippen molar-refractivity contribution in [2.45, 2.75) is 18.4 Å². The summed E-state index contributed by atoms with van der Waals surface area (Å²) < 4.78 is 6.33. The number of ether oxygens (including phenoxy) is 1. The lowest BCUT2D eigenvalue weighted by atomic mass is 10.1. The smallest absolute Gasteiger partial charge is 0.260 e. The van der Waals surface area contributed by atoms with Gasteiger partial charge < -0.3 is 4.74 Å². The first kappa shape index (κ1) is 20.4. The molecule has 0 radical (unpaired) electrons. The highest BCUT2D eigenvalue weighted by Gasteiger charge is 2.22. The van der Waals surface area contributed by atoms with Crippen LogP contribution in [0, 0.1) is 0 Å². The van der Waals surface area contributed by atoms with Gasteiger partial charge >= 0.3 is 0 Å². The fraction of sp³-hybridized carbons (Fsp3) is 0.167. The average molecular weight is 435 g/mol.